The molecule has 0 fully saturated rings. The smallest absolute Gasteiger partial charge is 0.320 e. The topological polar surface area (TPSA) is 74.7 Å². The standard InChI is InChI=1S/C14H11Cl2N3O/c15-8-2-3-10(16)9(6-8)13(17)7-1-4-11-12(5-7)19-14(20)18-11/h1-6,13H,17H2,(H2,18,19,20). The maximum Gasteiger partial charge on any atom is 0.323 e. The summed E-state index contributed by atoms with van der Waals surface area (Å²) in [5, 5.41) is 1.14. The first-order valence-corrected chi connectivity index (χ1v) is 6.72. The first-order valence-electron chi connectivity index (χ1n) is 5.97. The van der Waals surface area contributed by atoms with Gasteiger partial charge in [-0.3, -0.25) is 0 Å². The normalized spacial score (nSPS) is 12.8. The Morgan fingerprint density at radius 2 is 1.75 bits per heavy atom. The summed E-state index contributed by atoms with van der Waals surface area (Å²) in [5.74, 6) is 0. The predicted molar refractivity (Wildman–Crippen MR) is 81.4 cm³/mol. The lowest BCUT2D eigenvalue weighted by molar-refractivity contribution is 0.873. The van der Waals surface area contributed by atoms with E-state index in [0.717, 1.165) is 16.6 Å². The largest absolute Gasteiger partial charge is 0.323 e. The van der Waals surface area contributed by atoms with Crippen LogP contribution in [0.4, 0.5) is 0 Å². The van der Waals surface area contributed by atoms with Crippen molar-refractivity contribution in [3.63, 3.8) is 0 Å². The van der Waals surface area contributed by atoms with Gasteiger partial charge in [-0.1, -0.05) is 29.3 Å². The fourth-order valence-corrected chi connectivity index (χ4v) is 2.59. The molecule has 0 aliphatic heterocycles. The monoisotopic (exact) mass is 307 g/mol. The number of benzene rings is 2. The third-order valence-corrected chi connectivity index (χ3v) is 3.77. The molecule has 0 aliphatic rings. The maximum absolute atomic E-state index is 11.3. The first kappa shape index (κ1) is 13.2. The van der Waals surface area contributed by atoms with Crippen LogP contribution >= 0.6 is 23.2 Å². The summed E-state index contributed by atoms with van der Waals surface area (Å²) in [6, 6.07) is 10.3. The van der Waals surface area contributed by atoms with Gasteiger partial charge in [0.1, 0.15) is 0 Å². The zero-order chi connectivity index (χ0) is 14.3. The van der Waals surface area contributed by atoms with Crippen molar-refractivity contribution < 1.29 is 0 Å². The summed E-state index contributed by atoms with van der Waals surface area (Å²) in [6.45, 7) is 0. The number of nitrogens with one attached hydrogen (secondary N) is 2. The second-order valence-electron chi connectivity index (χ2n) is 4.53. The van der Waals surface area contributed by atoms with E-state index >= 15 is 0 Å². The Hall–Kier alpha value is -1.75. The SMILES string of the molecule is NC(c1ccc2[nH]c(=O)[nH]c2c1)c1cc(Cl)ccc1Cl. The molecular weight excluding hydrogens is 297 g/mol. The highest BCUT2D eigenvalue weighted by atomic mass is 35.5. The lowest BCUT2D eigenvalue weighted by Crippen LogP contribution is -2.12. The van der Waals surface area contributed by atoms with Crippen LogP contribution in [0.5, 0.6) is 0 Å². The van der Waals surface area contributed by atoms with Crippen LogP contribution in [0.1, 0.15) is 17.2 Å². The number of nitrogens with two attached hydrogens (primary N) is 1. The molecule has 3 aromatic rings. The highest BCUT2D eigenvalue weighted by Crippen LogP contribution is 2.29. The van der Waals surface area contributed by atoms with E-state index in [2.05, 4.69) is 9.97 Å². The van der Waals surface area contributed by atoms with Crippen LogP contribution in [0.25, 0.3) is 11.0 Å². The summed E-state index contributed by atoms with van der Waals surface area (Å²) < 4.78 is 0. The van der Waals surface area contributed by atoms with Crippen LogP contribution in [0.15, 0.2) is 41.2 Å². The average molecular weight is 308 g/mol. The third-order valence-electron chi connectivity index (χ3n) is 3.19. The summed E-state index contributed by atoms with van der Waals surface area (Å²) in [4.78, 5) is 16.6. The van der Waals surface area contributed by atoms with Crippen molar-refractivity contribution in [1.29, 1.82) is 0 Å². The molecule has 4 N–H and O–H groups in total. The highest BCUT2D eigenvalue weighted by Gasteiger charge is 2.14. The second-order valence-corrected chi connectivity index (χ2v) is 5.37. The molecule has 0 radical (unpaired) electrons. The molecule has 0 spiro atoms. The molecule has 0 saturated carbocycles. The van der Waals surface area contributed by atoms with E-state index in [1.165, 1.54) is 0 Å². The Morgan fingerprint density at radius 3 is 2.55 bits per heavy atom. The molecule has 102 valence electrons. The molecule has 0 aliphatic carbocycles. The molecule has 0 saturated heterocycles. The molecular formula is C14H11Cl2N3O. The van der Waals surface area contributed by atoms with Gasteiger partial charge in [0.2, 0.25) is 0 Å². The van der Waals surface area contributed by atoms with E-state index in [-0.39, 0.29) is 5.69 Å². The molecule has 0 bridgehead atoms. The average Bonchev–Trinajstić information content (AvgIpc) is 2.79. The first-order chi connectivity index (χ1) is 9.54. The van der Waals surface area contributed by atoms with E-state index in [0.29, 0.717) is 15.6 Å². The van der Waals surface area contributed by atoms with Gasteiger partial charge >= 0.3 is 5.69 Å². The van der Waals surface area contributed by atoms with Crippen molar-refractivity contribution in [2.75, 3.05) is 0 Å². The number of imidazole rings is 1. The van der Waals surface area contributed by atoms with Crippen LogP contribution < -0.4 is 11.4 Å². The number of rotatable bonds is 2. The Bertz CT molecular complexity index is 838. The van der Waals surface area contributed by atoms with E-state index in [9.17, 15) is 4.79 Å². The Balaban J connectivity index is 2.09. The lowest BCUT2D eigenvalue weighted by Gasteiger charge is -2.14. The fourth-order valence-electron chi connectivity index (χ4n) is 2.18. The van der Waals surface area contributed by atoms with Crippen LogP contribution in [0.2, 0.25) is 10.0 Å². The van der Waals surface area contributed by atoms with Gasteiger partial charge in [0.25, 0.3) is 0 Å². The van der Waals surface area contributed by atoms with Gasteiger partial charge in [-0.25, -0.2) is 4.79 Å². The number of hydrogen-bond donors (Lipinski definition) is 3. The van der Waals surface area contributed by atoms with E-state index < -0.39 is 6.04 Å². The van der Waals surface area contributed by atoms with Gasteiger partial charge in [-0.15, -0.1) is 0 Å². The quantitative estimate of drug-likeness (QED) is 0.680. The molecule has 3 rings (SSSR count). The maximum atomic E-state index is 11.3. The van der Waals surface area contributed by atoms with E-state index in [1.807, 2.05) is 12.1 Å². The van der Waals surface area contributed by atoms with Crippen molar-refractivity contribution in [1.82, 2.24) is 9.97 Å². The van der Waals surface area contributed by atoms with Gasteiger partial charge in [-0.05, 0) is 41.5 Å². The number of aromatic amines is 2. The number of aromatic nitrogens is 2. The molecule has 2 aromatic carbocycles. The minimum Gasteiger partial charge on any atom is -0.320 e. The summed E-state index contributed by atoms with van der Waals surface area (Å²) >= 11 is 12.1. The van der Waals surface area contributed by atoms with Crippen LogP contribution in [-0.4, -0.2) is 9.97 Å². The molecule has 4 nitrogen and oxygen atoms in total. The lowest BCUT2D eigenvalue weighted by atomic mass is 9.99. The van der Waals surface area contributed by atoms with E-state index in [4.69, 9.17) is 28.9 Å². The molecule has 0 amide bonds. The zero-order valence-electron chi connectivity index (χ0n) is 10.3. The van der Waals surface area contributed by atoms with Crippen molar-refractivity contribution in [3.05, 3.63) is 68.1 Å². The Labute approximate surface area is 124 Å². The molecule has 1 aromatic heterocycles. The Kier molecular flexibility index (Phi) is 3.30. The molecule has 20 heavy (non-hydrogen) atoms. The van der Waals surface area contributed by atoms with Crippen LogP contribution in [0.3, 0.4) is 0 Å². The van der Waals surface area contributed by atoms with E-state index in [1.54, 1.807) is 24.3 Å². The fraction of sp³-hybridized carbons (Fsp3) is 0.0714. The van der Waals surface area contributed by atoms with Crippen LogP contribution in [0, 0.1) is 0 Å². The molecule has 1 unspecified atom stereocenters. The molecule has 1 atom stereocenters. The van der Waals surface area contributed by atoms with Gasteiger partial charge in [0, 0.05) is 10.0 Å². The van der Waals surface area contributed by atoms with Crippen molar-refractivity contribution in [2.24, 2.45) is 5.73 Å². The Morgan fingerprint density at radius 1 is 1.00 bits per heavy atom. The summed E-state index contributed by atoms with van der Waals surface area (Å²) in [7, 11) is 0. The minimum absolute atomic E-state index is 0.244. The summed E-state index contributed by atoms with van der Waals surface area (Å²) in [6.07, 6.45) is 0. The predicted octanol–water partition coefficient (Wildman–Crippen LogP) is 3.21. The molecule has 1 heterocycles. The third kappa shape index (κ3) is 2.33. The summed E-state index contributed by atoms with van der Waals surface area (Å²) in [5.41, 5.74) is 9.03. The van der Waals surface area contributed by atoms with Crippen molar-refractivity contribution >= 4 is 34.2 Å². The van der Waals surface area contributed by atoms with Crippen LogP contribution in [-0.2, 0) is 0 Å². The highest BCUT2D eigenvalue weighted by molar-refractivity contribution is 6.33. The van der Waals surface area contributed by atoms with Gasteiger partial charge in [0.05, 0.1) is 17.1 Å². The van der Waals surface area contributed by atoms with Crippen molar-refractivity contribution in [2.45, 2.75) is 6.04 Å². The number of halogens is 2. The second kappa shape index (κ2) is 4.98. The van der Waals surface area contributed by atoms with Gasteiger partial charge < -0.3 is 15.7 Å². The number of hydrogen-bond acceptors (Lipinski definition) is 2. The van der Waals surface area contributed by atoms with Gasteiger partial charge in [-0.2, -0.15) is 0 Å². The number of H-pyrrole nitrogens is 2. The zero-order valence-corrected chi connectivity index (χ0v) is 11.8. The van der Waals surface area contributed by atoms with Gasteiger partial charge in [0.15, 0.2) is 0 Å². The van der Waals surface area contributed by atoms with Crippen molar-refractivity contribution in [3.8, 4) is 0 Å². The molecule has 6 heteroatoms. The minimum atomic E-state index is -0.413. The number of fused-ring (bicyclic) bond motifs is 1.